The van der Waals surface area contributed by atoms with E-state index in [9.17, 15) is 4.79 Å². The normalized spacial score (nSPS) is 15.3. The second-order valence-electron chi connectivity index (χ2n) is 5.35. The highest BCUT2D eigenvalue weighted by Gasteiger charge is 2.28. The van der Waals surface area contributed by atoms with Crippen LogP contribution in [0.1, 0.15) is 25.8 Å². The van der Waals surface area contributed by atoms with Gasteiger partial charge in [0.2, 0.25) is 5.91 Å². The summed E-state index contributed by atoms with van der Waals surface area (Å²) in [5.74, 6) is 0.432. The van der Waals surface area contributed by atoms with Crippen molar-refractivity contribution < 1.29 is 9.53 Å². The molecule has 0 bridgehead atoms. The molecule has 1 amide bonds. The van der Waals surface area contributed by atoms with Gasteiger partial charge in [0.15, 0.2) is 5.16 Å². The molecule has 1 N–H and O–H groups in total. The van der Waals surface area contributed by atoms with Gasteiger partial charge in [0.1, 0.15) is 12.1 Å². The molecular formula is C15H17ClN4O2S. The zero-order valence-corrected chi connectivity index (χ0v) is 14.4. The molecule has 1 aromatic carbocycles. The Morgan fingerprint density at radius 1 is 1.52 bits per heavy atom. The summed E-state index contributed by atoms with van der Waals surface area (Å²) in [6, 6.07) is 5.59. The van der Waals surface area contributed by atoms with Gasteiger partial charge in [-0.05, 0) is 38.0 Å². The molecule has 122 valence electrons. The van der Waals surface area contributed by atoms with E-state index in [0.717, 1.165) is 18.0 Å². The molecule has 1 saturated carbocycles. The second-order valence-corrected chi connectivity index (χ2v) is 7.09. The van der Waals surface area contributed by atoms with Gasteiger partial charge in [-0.15, -0.1) is 10.2 Å². The number of amides is 1. The number of carbonyl (C=O) groups excluding carboxylic acids is 1. The average Bonchev–Trinajstić information content (AvgIpc) is 3.27. The molecule has 1 fully saturated rings. The minimum Gasteiger partial charge on any atom is -0.495 e. The number of carbonyl (C=O) groups is 1. The maximum atomic E-state index is 12.4. The number of hydrogen-bond donors (Lipinski definition) is 1. The first-order valence-electron chi connectivity index (χ1n) is 7.29. The maximum Gasteiger partial charge on any atom is 0.237 e. The van der Waals surface area contributed by atoms with Crippen LogP contribution in [0.3, 0.4) is 0 Å². The number of nitrogens with zero attached hydrogens (tertiary/aromatic N) is 3. The standard InChI is InChI=1S/C15H17ClN4O2S/c1-9(23-15-19-17-8-20(15)11-4-5-11)14(21)18-12-7-10(16)3-6-13(12)22-2/h3,6-9,11H,4-5H2,1-2H3,(H,18,21). The molecule has 23 heavy (non-hydrogen) atoms. The largest absolute Gasteiger partial charge is 0.495 e. The fraction of sp³-hybridized carbons (Fsp3) is 0.400. The highest BCUT2D eigenvalue weighted by Crippen LogP contribution is 2.38. The average molecular weight is 353 g/mol. The number of aromatic nitrogens is 3. The van der Waals surface area contributed by atoms with Gasteiger partial charge >= 0.3 is 0 Å². The van der Waals surface area contributed by atoms with Crippen molar-refractivity contribution in [3.63, 3.8) is 0 Å². The Morgan fingerprint density at radius 2 is 2.30 bits per heavy atom. The van der Waals surface area contributed by atoms with Gasteiger partial charge in [-0.3, -0.25) is 4.79 Å². The van der Waals surface area contributed by atoms with Crippen molar-refractivity contribution >= 4 is 35.0 Å². The minimum absolute atomic E-state index is 0.138. The molecule has 1 atom stereocenters. The van der Waals surface area contributed by atoms with Gasteiger partial charge in [0.25, 0.3) is 0 Å². The quantitative estimate of drug-likeness (QED) is 0.807. The predicted molar refractivity (Wildman–Crippen MR) is 90.2 cm³/mol. The molecule has 1 aromatic heterocycles. The fourth-order valence-corrected chi connectivity index (χ4v) is 3.21. The highest BCUT2D eigenvalue weighted by molar-refractivity contribution is 8.00. The molecule has 1 aliphatic rings. The van der Waals surface area contributed by atoms with Crippen molar-refractivity contribution in [1.82, 2.24) is 14.8 Å². The number of thioether (sulfide) groups is 1. The summed E-state index contributed by atoms with van der Waals surface area (Å²) < 4.78 is 7.28. The van der Waals surface area contributed by atoms with Crippen LogP contribution in [-0.4, -0.2) is 33.0 Å². The Kier molecular flexibility index (Phi) is 4.77. The summed E-state index contributed by atoms with van der Waals surface area (Å²) >= 11 is 7.37. The number of hydrogen-bond acceptors (Lipinski definition) is 5. The van der Waals surface area contributed by atoms with Gasteiger partial charge in [0.05, 0.1) is 18.0 Å². The van der Waals surface area contributed by atoms with E-state index in [1.807, 2.05) is 11.5 Å². The van der Waals surface area contributed by atoms with Crippen molar-refractivity contribution in [3.05, 3.63) is 29.5 Å². The van der Waals surface area contributed by atoms with E-state index in [1.165, 1.54) is 11.8 Å². The number of methoxy groups -OCH3 is 1. The van der Waals surface area contributed by atoms with E-state index in [2.05, 4.69) is 15.5 Å². The van der Waals surface area contributed by atoms with Crippen LogP contribution < -0.4 is 10.1 Å². The predicted octanol–water partition coefficient (Wildman–Crippen LogP) is 3.39. The van der Waals surface area contributed by atoms with Gasteiger partial charge < -0.3 is 14.6 Å². The zero-order valence-electron chi connectivity index (χ0n) is 12.8. The second kappa shape index (κ2) is 6.80. The molecule has 0 spiro atoms. The summed E-state index contributed by atoms with van der Waals surface area (Å²) in [5.41, 5.74) is 0.557. The third-order valence-corrected chi connectivity index (χ3v) is 4.86. The van der Waals surface area contributed by atoms with Crippen LogP contribution >= 0.6 is 23.4 Å². The third-order valence-electron chi connectivity index (χ3n) is 3.55. The molecule has 0 aliphatic heterocycles. The third kappa shape index (κ3) is 3.79. The lowest BCUT2D eigenvalue weighted by Gasteiger charge is -2.14. The Bertz CT molecular complexity index is 717. The van der Waals surface area contributed by atoms with E-state index in [-0.39, 0.29) is 11.2 Å². The number of anilines is 1. The van der Waals surface area contributed by atoms with Crippen LogP contribution in [0.4, 0.5) is 5.69 Å². The lowest BCUT2D eigenvalue weighted by molar-refractivity contribution is -0.115. The summed E-state index contributed by atoms with van der Waals surface area (Å²) in [4.78, 5) is 12.4. The maximum absolute atomic E-state index is 12.4. The van der Waals surface area contributed by atoms with Crippen LogP contribution in [-0.2, 0) is 4.79 Å². The van der Waals surface area contributed by atoms with E-state index >= 15 is 0 Å². The lowest BCUT2D eigenvalue weighted by atomic mass is 10.3. The van der Waals surface area contributed by atoms with Crippen LogP contribution in [0.25, 0.3) is 0 Å². The van der Waals surface area contributed by atoms with Crippen LogP contribution in [0.5, 0.6) is 5.75 Å². The highest BCUT2D eigenvalue weighted by atomic mass is 35.5. The molecule has 3 rings (SSSR count). The Morgan fingerprint density at radius 3 is 3.00 bits per heavy atom. The van der Waals surface area contributed by atoms with Crippen molar-refractivity contribution in [2.75, 3.05) is 12.4 Å². The number of nitrogens with one attached hydrogen (secondary N) is 1. The van der Waals surface area contributed by atoms with Gasteiger partial charge in [-0.2, -0.15) is 0 Å². The van der Waals surface area contributed by atoms with Crippen molar-refractivity contribution in [1.29, 1.82) is 0 Å². The molecule has 6 nitrogen and oxygen atoms in total. The number of benzene rings is 1. The topological polar surface area (TPSA) is 69.0 Å². The minimum atomic E-state index is -0.319. The summed E-state index contributed by atoms with van der Waals surface area (Å²) in [5, 5.41) is 11.9. The van der Waals surface area contributed by atoms with Crippen molar-refractivity contribution in [2.24, 2.45) is 0 Å². The van der Waals surface area contributed by atoms with Gasteiger partial charge in [0, 0.05) is 11.1 Å². The van der Waals surface area contributed by atoms with E-state index < -0.39 is 0 Å². The molecule has 8 heteroatoms. The first-order valence-corrected chi connectivity index (χ1v) is 8.55. The van der Waals surface area contributed by atoms with E-state index in [0.29, 0.717) is 22.5 Å². The van der Waals surface area contributed by atoms with Crippen molar-refractivity contribution in [2.45, 2.75) is 36.2 Å². The number of halogens is 1. The molecule has 1 heterocycles. The van der Waals surface area contributed by atoms with Gasteiger partial charge in [-0.25, -0.2) is 0 Å². The summed E-state index contributed by atoms with van der Waals surface area (Å²) in [6.45, 7) is 1.84. The smallest absolute Gasteiger partial charge is 0.237 e. The molecular weight excluding hydrogens is 336 g/mol. The van der Waals surface area contributed by atoms with E-state index in [4.69, 9.17) is 16.3 Å². The summed E-state index contributed by atoms with van der Waals surface area (Å²) in [7, 11) is 1.55. The summed E-state index contributed by atoms with van der Waals surface area (Å²) in [6.07, 6.45) is 4.02. The van der Waals surface area contributed by atoms with Crippen LogP contribution in [0, 0.1) is 0 Å². The molecule has 0 saturated heterocycles. The van der Waals surface area contributed by atoms with E-state index in [1.54, 1.807) is 31.6 Å². The van der Waals surface area contributed by atoms with Crippen LogP contribution in [0.2, 0.25) is 5.02 Å². The SMILES string of the molecule is COc1ccc(Cl)cc1NC(=O)C(C)Sc1nncn1C1CC1. The monoisotopic (exact) mass is 352 g/mol. The van der Waals surface area contributed by atoms with Crippen LogP contribution in [0.15, 0.2) is 29.7 Å². The molecule has 1 aliphatic carbocycles. The molecule has 1 unspecified atom stereocenters. The van der Waals surface area contributed by atoms with Gasteiger partial charge in [-0.1, -0.05) is 23.4 Å². The lowest BCUT2D eigenvalue weighted by Crippen LogP contribution is -2.23. The fourth-order valence-electron chi connectivity index (χ4n) is 2.14. The first kappa shape index (κ1) is 16.1. The Hall–Kier alpha value is -1.73. The molecule has 0 radical (unpaired) electrons. The molecule has 2 aromatic rings. The Balaban J connectivity index is 1.68. The zero-order chi connectivity index (χ0) is 16.4. The Labute approximate surface area is 143 Å². The number of rotatable bonds is 6. The van der Waals surface area contributed by atoms with Crippen molar-refractivity contribution in [3.8, 4) is 5.75 Å². The number of ether oxygens (including phenoxy) is 1. The first-order chi connectivity index (χ1) is 11.1.